The van der Waals surface area contributed by atoms with Crippen LogP contribution in [0.15, 0.2) is 47.4 Å². The minimum Gasteiger partial charge on any atom is -0.350 e. The van der Waals surface area contributed by atoms with E-state index < -0.39 is 0 Å². The van der Waals surface area contributed by atoms with Crippen molar-refractivity contribution in [1.82, 2.24) is 15.1 Å². The molecule has 27 heavy (non-hydrogen) atoms. The van der Waals surface area contributed by atoms with Crippen LogP contribution in [0.4, 0.5) is 0 Å². The van der Waals surface area contributed by atoms with Gasteiger partial charge in [-0.05, 0) is 37.1 Å². The van der Waals surface area contributed by atoms with Gasteiger partial charge >= 0.3 is 0 Å². The number of benzene rings is 2. The van der Waals surface area contributed by atoms with Gasteiger partial charge in [-0.2, -0.15) is 5.10 Å². The third-order valence-corrected chi connectivity index (χ3v) is 6.08. The average molecular weight is 398 g/mol. The van der Waals surface area contributed by atoms with Gasteiger partial charge in [-0.1, -0.05) is 41.4 Å². The molecule has 1 aliphatic heterocycles. The molecule has 0 radical (unpaired) electrons. The Morgan fingerprint density at radius 2 is 2.04 bits per heavy atom. The Kier molecular flexibility index (Phi) is 4.98. The van der Waals surface area contributed by atoms with Crippen LogP contribution in [0.2, 0.25) is 5.02 Å². The van der Waals surface area contributed by atoms with Crippen molar-refractivity contribution in [3.63, 3.8) is 0 Å². The number of nitrogens with zero attached hydrogens (tertiary/aromatic N) is 2. The van der Waals surface area contributed by atoms with Gasteiger partial charge in [-0.3, -0.25) is 9.48 Å². The fraction of sp³-hybridized carbons (Fsp3) is 0.238. The second kappa shape index (κ2) is 7.41. The van der Waals surface area contributed by atoms with Crippen molar-refractivity contribution in [2.24, 2.45) is 7.05 Å². The van der Waals surface area contributed by atoms with Crippen molar-refractivity contribution in [2.75, 3.05) is 6.54 Å². The zero-order valence-corrected chi connectivity index (χ0v) is 16.8. The number of hydrogen-bond donors (Lipinski definition) is 1. The van der Waals surface area contributed by atoms with E-state index in [1.54, 1.807) is 16.4 Å². The summed E-state index contributed by atoms with van der Waals surface area (Å²) in [6.45, 7) is 2.65. The molecule has 3 aromatic rings. The van der Waals surface area contributed by atoms with E-state index >= 15 is 0 Å². The van der Waals surface area contributed by atoms with E-state index in [2.05, 4.69) is 41.6 Å². The average Bonchev–Trinajstić information content (AvgIpc) is 3.00. The van der Waals surface area contributed by atoms with Gasteiger partial charge in [-0.15, -0.1) is 11.8 Å². The number of carbonyl (C=O) groups excluding carboxylic acids is 1. The van der Waals surface area contributed by atoms with Crippen LogP contribution in [-0.4, -0.2) is 22.2 Å². The topological polar surface area (TPSA) is 46.9 Å². The fourth-order valence-electron chi connectivity index (χ4n) is 3.35. The molecule has 6 heteroatoms. The molecule has 4 rings (SSSR count). The molecule has 2 aromatic carbocycles. The van der Waals surface area contributed by atoms with Crippen LogP contribution in [0.5, 0.6) is 0 Å². The predicted molar refractivity (Wildman–Crippen MR) is 110 cm³/mol. The molecule has 0 fully saturated rings. The van der Waals surface area contributed by atoms with E-state index in [9.17, 15) is 4.79 Å². The number of carbonyl (C=O) groups is 1. The van der Waals surface area contributed by atoms with Crippen molar-refractivity contribution in [3.05, 3.63) is 69.9 Å². The second-order valence-corrected chi connectivity index (χ2v) is 8.17. The SMILES string of the molecule is Cc1ccc(CCNC(=O)c2nn(C)c3c2CSc2ccc(Cl)cc2-3)cc1. The Bertz CT molecular complexity index is 1010. The molecule has 1 N–H and O–H groups in total. The molecular weight excluding hydrogens is 378 g/mol. The Morgan fingerprint density at radius 1 is 1.26 bits per heavy atom. The lowest BCUT2D eigenvalue weighted by molar-refractivity contribution is 0.0948. The van der Waals surface area contributed by atoms with Gasteiger partial charge in [0.05, 0.1) is 5.69 Å². The molecule has 2 heterocycles. The van der Waals surface area contributed by atoms with E-state index in [1.165, 1.54) is 16.0 Å². The van der Waals surface area contributed by atoms with E-state index in [4.69, 9.17) is 11.6 Å². The molecule has 1 amide bonds. The minimum absolute atomic E-state index is 0.120. The Balaban J connectivity index is 1.52. The number of aromatic nitrogens is 2. The van der Waals surface area contributed by atoms with Crippen molar-refractivity contribution >= 4 is 29.3 Å². The number of nitrogens with one attached hydrogen (secondary N) is 1. The number of halogens is 1. The number of fused-ring (bicyclic) bond motifs is 3. The molecule has 0 saturated carbocycles. The molecule has 0 spiro atoms. The summed E-state index contributed by atoms with van der Waals surface area (Å²) in [5.74, 6) is 0.614. The van der Waals surface area contributed by atoms with Gasteiger partial charge in [0.15, 0.2) is 5.69 Å². The second-order valence-electron chi connectivity index (χ2n) is 6.72. The monoisotopic (exact) mass is 397 g/mol. The first kappa shape index (κ1) is 18.1. The summed E-state index contributed by atoms with van der Waals surface area (Å²) >= 11 is 7.90. The number of aryl methyl sites for hydroxylation is 2. The first-order valence-corrected chi connectivity index (χ1v) is 10.2. The lowest BCUT2D eigenvalue weighted by Gasteiger charge is -2.17. The van der Waals surface area contributed by atoms with E-state index in [0.29, 0.717) is 17.3 Å². The molecule has 138 valence electrons. The van der Waals surface area contributed by atoms with Gasteiger partial charge in [0.25, 0.3) is 5.91 Å². The van der Waals surface area contributed by atoms with Crippen molar-refractivity contribution in [1.29, 1.82) is 0 Å². The van der Waals surface area contributed by atoms with Crippen LogP contribution >= 0.6 is 23.4 Å². The highest BCUT2D eigenvalue weighted by Crippen LogP contribution is 2.43. The summed E-state index contributed by atoms with van der Waals surface area (Å²) in [4.78, 5) is 13.9. The summed E-state index contributed by atoms with van der Waals surface area (Å²) in [6.07, 6.45) is 0.800. The number of rotatable bonds is 4. The third-order valence-electron chi connectivity index (χ3n) is 4.75. The maximum absolute atomic E-state index is 12.7. The predicted octanol–water partition coefficient (Wildman–Crippen LogP) is 4.63. The van der Waals surface area contributed by atoms with Crippen molar-refractivity contribution < 1.29 is 4.79 Å². The Hall–Kier alpha value is -2.24. The van der Waals surface area contributed by atoms with Gasteiger partial charge in [0.1, 0.15) is 0 Å². The van der Waals surface area contributed by atoms with Crippen LogP contribution in [-0.2, 0) is 19.2 Å². The maximum atomic E-state index is 12.7. The molecule has 1 aliphatic rings. The Labute approximate surface area is 167 Å². The van der Waals surface area contributed by atoms with Gasteiger partial charge in [-0.25, -0.2) is 0 Å². The smallest absolute Gasteiger partial charge is 0.272 e. The van der Waals surface area contributed by atoms with Gasteiger partial charge in [0, 0.05) is 40.4 Å². The van der Waals surface area contributed by atoms with Gasteiger partial charge < -0.3 is 5.32 Å². The largest absolute Gasteiger partial charge is 0.350 e. The summed E-state index contributed by atoms with van der Waals surface area (Å²) in [6, 6.07) is 14.2. The van der Waals surface area contributed by atoms with Crippen LogP contribution in [0.3, 0.4) is 0 Å². The standard InChI is InChI=1S/C21H20ClN3OS/c1-13-3-5-14(6-4-13)9-10-23-21(26)19-17-12-27-18-8-7-15(22)11-16(18)20(17)25(2)24-19/h3-8,11H,9-10,12H2,1-2H3,(H,23,26). The normalized spacial score (nSPS) is 12.4. The van der Waals surface area contributed by atoms with E-state index in [0.717, 1.165) is 29.0 Å². The molecular formula is C21H20ClN3OS. The summed E-state index contributed by atoms with van der Waals surface area (Å²) < 4.78 is 1.79. The quantitative estimate of drug-likeness (QED) is 0.698. The number of hydrogen-bond acceptors (Lipinski definition) is 3. The van der Waals surface area contributed by atoms with Crippen molar-refractivity contribution in [3.8, 4) is 11.3 Å². The first-order chi connectivity index (χ1) is 13.0. The Morgan fingerprint density at radius 3 is 2.81 bits per heavy atom. The van der Waals surface area contributed by atoms with Crippen molar-refractivity contribution in [2.45, 2.75) is 24.0 Å². The van der Waals surface area contributed by atoms with Crippen LogP contribution in [0, 0.1) is 6.92 Å². The minimum atomic E-state index is -0.120. The molecule has 0 bridgehead atoms. The molecule has 0 unspecified atom stereocenters. The molecule has 0 saturated heterocycles. The van der Waals surface area contributed by atoms with Gasteiger partial charge in [0.2, 0.25) is 0 Å². The number of amides is 1. The lowest BCUT2D eigenvalue weighted by Crippen LogP contribution is -2.27. The van der Waals surface area contributed by atoms with Crippen LogP contribution < -0.4 is 5.32 Å². The van der Waals surface area contributed by atoms with Crippen LogP contribution in [0.25, 0.3) is 11.3 Å². The fourth-order valence-corrected chi connectivity index (χ4v) is 4.57. The zero-order chi connectivity index (χ0) is 19.0. The first-order valence-electron chi connectivity index (χ1n) is 8.85. The summed E-state index contributed by atoms with van der Waals surface area (Å²) in [5.41, 5.74) is 5.96. The maximum Gasteiger partial charge on any atom is 0.272 e. The lowest BCUT2D eigenvalue weighted by atomic mass is 10.1. The summed E-state index contributed by atoms with van der Waals surface area (Å²) in [5, 5.41) is 8.20. The highest BCUT2D eigenvalue weighted by atomic mass is 35.5. The summed E-state index contributed by atoms with van der Waals surface area (Å²) in [7, 11) is 1.88. The highest BCUT2D eigenvalue weighted by molar-refractivity contribution is 7.98. The van der Waals surface area contributed by atoms with E-state index in [-0.39, 0.29) is 5.91 Å². The molecule has 1 aromatic heterocycles. The van der Waals surface area contributed by atoms with E-state index in [1.807, 2.05) is 25.2 Å². The molecule has 0 aliphatic carbocycles. The molecule has 0 atom stereocenters. The molecule has 4 nitrogen and oxygen atoms in total. The third kappa shape index (κ3) is 3.62. The number of thioether (sulfide) groups is 1. The highest BCUT2D eigenvalue weighted by Gasteiger charge is 2.27. The van der Waals surface area contributed by atoms with Crippen LogP contribution in [0.1, 0.15) is 27.2 Å². The zero-order valence-electron chi connectivity index (χ0n) is 15.3.